The van der Waals surface area contributed by atoms with Crippen molar-refractivity contribution in [1.82, 2.24) is 24.5 Å². The number of carbonyl (C=O) groups is 1. The van der Waals surface area contributed by atoms with Crippen molar-refractivity contribution in [2.75, 3.05) is 5.32 Å². The third-order valence-electron chi connectivity index (χ3n) is 5.56. The minimum absolute atomic E-state index is 0.0390. The molecule has 35 heavy (non-hydrogen) atoms. The highest BCUT2D eigenvalue weighted by Crippen LogP contribution is 2.17. The van der Waals surface area contributed by atoms with E-state index in [-0.39, 0.29) is 42.7 Å². The minimum atomic E-state index is -0.610. The molecule has 0 fully saturated rings. The van der Waals surface area contributed by atoms with E-state index >= 15 is 0 Å². The number of amides is 1. The second-order valence-corrected chi connectivity index (χ2v) is 8.31. The second kappa shape index (κ2) is 9.88. The molecule has 0 spiro atoms. The van der Waals surface area contributed by atoms with E-state index in [0.717, 1.165) is 31.6 Å². The highest BCUT2D eigenvalue weighted by Gasteiger charge is 2.20. The molecule has 0 saturated heterocycles. The number of nitrogens with zero attached hydrogens (tertiary/aromatic N) is 5. The van der Waals surface area contributed by atoms with Crippen molar-refractivity contribution in [3.63, 3.8) is 0 Å². The van der Waals surface area contributed by atoms with Crippen molar-refractivity contribution < 1.29 is 9.32 Å². The van der Waals surface area contributed by atoms with Crippen LogP contribution in [0.4, 0.5) is 5.69 Å². The number of hydrogen-bond acceptors (Lipinski definition) is 7. The number of hydrogen-bond donors (Lipinski definition) is 1. The average Bonchev–Trinajstić information content (AvgIpc) is 3.30. The topological polar surface area (TPSA) is 125 Å². The van der Waals surface area contributed by atoms with Crippen LogP contribution >= 0.6 is 0 Å². The maximum atomic E-state index is 12.9. The van der Waals surface area contributed by atoms with Crippen molar-refractivity contribution in [2.45, 2.75) is 47.1 Å². The quantitative estimate of drug-likeness (QED) is 0.436. The molecule has 0 aliphatic carbocycles. The SMILES string of the molecule is CCn1c(=O)c(-c2noc(CCC(=O)Nc3ccc(C)cc3C)n2)nn(-c2ccc(C)cc2)c1=O. The van der Waals surface area contributed by atoms with Gasteiger partial charge in [-0.15, -0.1) is 0 Å². The van der Waals surface area contributed by atoms with Crippen molar-refractivity contribution in [1.29, 1.82) is 0 Å². The van der Waals surface area contributed by atoms with Crippen molar-refractivity contribution in [2.24, 2.45) is 0 Å². The smallest absolute Gasteiger partial charge is 0.339 e. The summed E-state index contributed by atoms with van der Waals surface area (Å²) in [6.45, 7) is 7.70. The largest absolute Gasteiger partial charge is 0.352 e. The fraction of sp³-hybridized carbons (Fsp3) is 0.280. The summed E-state index contributed by atoms with van der Waals surface area (Å²) in [4.78, 5) is 42.4. The molecule has 180 valence electrons. The van der Waals surface area contributed by atoms with Crippen LogP contribution in [-0.2, 0) is 17.8 Å². The first kappa shape index (κ1) is 23.8. The van der Waals surface area contributed by atoms with Crippen LogP contribution in [0, 0.1) is 20.8 Å². The highest BCUT2D eigenvalue weighted by atomic mass is 16.5. The van der Waals surface area contributed by atoms with Gasteiger partial charge in [-0.25, -0.2) is 4.79 Å². The molecule has 2 heterocycles. The fourth-order valence-electron chi connectivity index (χ4n) is 3.63. The monoisotopic (exact) mass is 474 g/mol. The van der Waals surface area contributed by atoms with Gasteiger partial charge in [0.05, 0.1) is 5.69 Å². The summed E-state index contributed by atoms with van der Waals surface area (Å²) in [7, 11) is 0. The lowest BCUT2D eigenvalue weighted by Gasteiger charge is -2.09. The summed E-state index contributed by atoms with van der Waals surface area (Å²) in [5.74, 6) is -0.0490. The number of rotatable bonds is 7. The van der Waals surface area contributed by atoms with E-state index in [9.17, 15) is 14.4 Å². The van der Waals surface area contributed by atoms with Crippen LogP contribution in [0.3, 0.4) is 0 Å². The first-order chi connectivity index (χ1) is 16.8. The zero-order chi connectivity index (χ0) is 25.1. The minimum Gasteiger partial charge on any atom is -0.339 e. The summed E-state index contributed by atoms with van der Waals surface area (Å²) >= 11 is 0. The van der Waals surface area contributed by atoms with Crippen molar-refractivity contribution in [3.8, 4) is 17.2 Å². The summed E-state index contributed by atoms with van der Waals surface area (Å²) in [6, 6.07) is 13.0. The Balaban J connectivity index is 1.56. The first-order valence-corrected chi connectivity index (χ1v) is 11.3. The van der Waals surface area contributed by atoms with Gasteiger partial charge in [0.15, 0.2) is 5.69 Å². The number of anilines is 1. The lowest BCUT2D eigenvalue weighted by atomic mass is 10.1. The Hall–Kier alpha value is -4.34. The maximum absolute atomic E-state index is 12.9. The van der Waals surface area contributed by atoms with Crippen LogP contribution in [0.1, 0.15) is 35.9 Å². The van der Waals surface area contributed by atoms with Gasteiger partial charge in [-0.3, -0.25) is 14.2 Å². The third-order valence-corrected chi connectivity index (χ3v) is 5.56. The van der Waals surface area contributed by atoms with Gasteiger partial charge < -0.3 is 9.84 Å². The molecule has 10 heteroatoms. The van der Waals surface area contributed by atoms with E-state index in [0.29, 0.717) is 5.69 Å². The van der Waals surface area contributed by atoms with Gasteiger partial charge in [-0.1, -0.05) is 40.5 Å². The Bertz CT molecular complexity index is 1500. The Morgan fingerprint density at radius 2 is 1.74 bits per heavy atom. The van der Waals surface area contributed by atoms with E-state index in [1.807, 2.05) is 51.1 Å². The zero-order valence-electron chi connectivity index (χ0n) is 20.0. The summed E-state index contributed by atoms with van der Waals surface area (Å²) in [5, 5.41) is 11.0. The molecule has 4 aromatic rings. The molecule has 10 nitrogen and oxygen atoms in total. The van der Waals surface area contributed by atoms with Gasteiger partial charge in [-0.05, 0) is 51.5 Å². The number of benzene rings is 2. The molecule has 0 bridgehead atoms. The molecular formula is C25H26N6O4. The van der Waals surface area contributed by atoms with Gasteiger partial charge >= 0.3 is 5.69 Å². The molecule has 0 aliphatic rings. The normalized spacial score (nSPS) is 11.0. The van der Waals surface area contributed by atoms with Crippen molar-refractivity contribution in [3.05, 3.63) is 85.9 Å². The molecule has 2 aromatic carbocycles. The number of nitrogens with one attached hydrogen (secondary N) is 1. The number of carbonyl (C=O) groups excluding carboxylic acids is 1. The van der Waals surface area contributed by atoms with E-state index in [4.69, 9.17) is 4.52 Å². The Labute approximate surface area is 201 Å². The molecule has 0 aliphatic heterocycles. The summed E-state index contributed by atoms with van der Waals surface area (Å²) in [6.07, 6.45) is 0.299. The third kappa shape index (κ3) is 5.11. The van der Waals surface area contributed by atoms with Gasteiger partial charge in [-0.2, -0.15) is 14.8 Å². The number of aromatic nitrogens is 5. The lowest BCUT2D eigenvalue weighted by Crippen LogP contribution is -2.41. The molecule has 1 amide bonds. The Morgan fingerprint density at radius 1 is 1.03 bits per heavy atom. The Morgan fingerprint density at radius 3 is 2.43 bits per heavy atom. The molecule has 0 atom stereocenters. The Kier molecular flexibility index (Phi) is 6.72. The summed E-state index contributed by atoms with van der Waals surface area (Å²) < 4.78 is 7.47. The van der Waals surface area contributed by atoms with Crippen LogP contribution in [0.5, 0.6) is 0 Å². The first-order valence-electron chi connectivity index (χ1n) is 11.3. The maximum Gasteiger partial charge on any atom is 0.352 e. The van der Waals surface area contributed by atoms with Crippen LogP contribution in [0.15, 0.2) is 56.6 Å². The van der Waals surface area contributed by atoms with Crippen LogP contribution in [0.25, 0.3) is 17.2 Å². The standard InChI is InChI=1S/C25H26N6O4/c1-5-30-24(33)22(28-31(25(30)34)18-9-6-15(2)7-10-18)23-27-21(35-29-23)13-12-20(32)26-19-11-8-16(3)14-17(19)4/h6-11,14H,5,12-13H2,1-4H3,(H,26,32). The van der Waals surface area contributed by atoms with Crippen LogP contribution in [0.2, 0.25) is 0 Å². The lowest BCUT2D eigenvalue weighted by molar-refractivity contribution is -0.116. The summed E-state index contributed by atoms with van der Waals surface area (Å²) in [5.41, 5.74) is 3.09. The van der Waals surface area contributed by atoms with Crippen molar-refractivity contribution >= 4 is 11.6 Å². The molecule has 0 saturated carbocycles. The molecule has 4 rings (SSSR count). The van der Waals surface area contributed by atoms with E-state index in [2.05, 4.69) is 20.6 Å². The highest BCUT2D eigenvalue weighted by molar-refractivity contribution is 5.91. The van der Waals surface area contributed by atoms with Gasteiger partial charge in [0.25, 0.3) is 5.56 Å². The van der Waals surface area contributed by atoms with Gasteiger partial charge in [0.2, 0.25) is 17.6 Å². The molecule has 0 unspecified atom stereocenters. The predicted molar refractivity (Wildman–Crippen MR) is 131 cm³/mol. The fourth-order valence-corrected chi connectivity index (χ4v) is 3.63. The van der Waals surface area contributed by atoms with Crippen LogP contribution in [-0.4, -0.2) is 30.4 Å². The zero-order valence-corrected chi connectivity index (χ0v) is 20.0. The molecule has 1 N–H and O–H groups in total. The average molecular weight is 475 g/mol. The molecule has 2 aromatic heterocycles. The molecular weight excluding hydrogens is 448 g/mol. The van der Waals surface area contributed by atoms with E-state index in [1.54, 1.807) is 19.1 Å². The van der Waals surface area contributed by atoms with E-state index < -0.39 is 11.2 Å². The van der Waals surface area contributed by atoms with Gasteiger partial charge in [0.1, 0.15) is 0 Å². The van der Waals surface area contributed by atoms with E-state index in [1.165, 1.54) is 0 Å². The second-order valence-electron chi connectivity index (χ2n) is 8.31. The molecule has 0 radical (unpaired) electrons. The predicted octanol–water partition coefficient (Wildman–Crippen LogP) is 2.96. The van der Waals surface area contributed by atoms with Gasteiger partial charge in [0, 0.05) is 25.1 Å². The number of aryl methyl sites for hydroxylation is 4. The van der Waals surface area contributed by atoms with Crippen LogP contribution < -0.4 is 16.6 Å².